The minimum atomic E-state index is -0.106. The normalized spacial score (nSPS) is 12.5. The fourth-order valence-corrected chi connectivity index (χ4v) is 1.65. The number of aromatic nitrogens is 1. The van der Waals surface area contributed by atoms with Crippen LogP contribution in [0.4, 0.5) is 0 Å². The molecule has 1 aromatic heterocycles. The first-order chi connectivity index (χ1) is 6.65. The zero-order chi connectivity index (χ0) is 10.6. The Morgan fingerprint density at radius 1 is 1.57 bits per heavy atom. The van der Waals surface area contributed by atoms with Gasteiger partial charge in [0.05, 0.1) is 0 Å². The van der Waals surface area contributed by atoms with Crippen molar-refractivity contribution in [2.45, 2.75) is 18.9 Å². The summed E-state index contributed by atoms with van der Waals surface area (Å²) in [6.07, 6.45) is 5.13. The van der Waals surface area contributed by atoms with Crippen molar-refractivity contribution in [1.82, 2.24) is 4.98 Å². The van der Waals surface area contributed by atoms with E-state index in [1.54, 1.807) is 12.3 Å². The van der Waals surface area contributed by atoms with Gasteiger partial charge in [0.25, 0.3) is 0 Å². The van der Waals surface area contributed by atoms with Gasteiger partial charge in [-0.25, -0.2) is 4.98 Å². The average molecular weight is 231 g/mol. The van der Waals surface area contributed by atoms with Gasteiger partial charge in [0.15, 0.2) is 0 Å². The zero-order valence-corrected chi connectivity index (χ0v) is 9.22. The summed E-state index contributed by atoms with van der Waals surface area (Å²) in [4.78, 5) is 3.94. The van der Waals surface area contributed by atoms with Gasteiger partial charge in [-0.05, 0) is 18.9 Å². The molecule has 1 heterocycles. The Bertz CT molecular complexity index is 326. The van der Waals surface area contributed by atoms with Gasteiger partial charge in [0, 0.05) is 22.8 Å². The Labute approximate surface area is 93.7 Å². The zero-order valence-electron chi connectivity index (χ0n) is 7.71. The molecule has 0 radical (unpaired) electrons. The van der Waals surface area contributed by atoms with E-state index < -0.39 is 0 Å². The second-order valence-corrected chi connectivity index (χ2v) is 3.80. The molecule has 0 fully saturated rings. The Balaban J connectivity index is 2.78. The first kappa shape index (κ1) is 11.5. The van der Waals surface area contributed by atoms with E-state index in [0.29, 0.717) is 10.2 Å². The van der Waals surface area contributed by atoms with Crippen LogP contribution in [-0.4, -0.2) is 4.98 Å². The Kier molecular flexibility index (Phi) is 4.39. The first-order valence-corrected chi connectivity index (χ1v) is 5.08. The molecule has 0 bridgehead atoms. The fourth-order valence-electron chi connectivity index (χ4n) is 1.14. The lowest BCUT2D eigenvalue weighted by atomic mass is 10.1. The van der Waals surface area contributed by atoms with Crippen LogP contribution in [0.3, 0.4) is 0 Å². The summed E-state index contributed by atoms with van der Waals surface area (Å²) in [7, 11) is 0. The highest BCUT2D eigenvalue weighted by molar-refractivity contribution is 6.34. The number of nitrogens with zero attached hydrogens (tertiary/aromatic N) is 1. The van der Waals surface area contributed by atoms with Crippen molar-refractivity contribution < 1.29 is 0 Å². The molecule has 1 rings (SSSR count). The SMILES string of the molecule is C=CCC[C@@H](N)c1cnc(Cl)cc1Cl. The summed E-state index contributed by atoms with van der Waals surface area (Å²) in [5, 5.41) is 0.955. The van der Waals surface area contributed by atoms with Crippen LogP contribution >= 0.6 is 23.2 Å². The molecule has 76 valence electrons. The second-order valence-electron chi connectivity index (χ2n) is 3.00. The van der Waals surface area contributed by atoms with Crippen LogP contribution in [0.25, 0.3) is 0 Å². The van der Waals surface area contributed by atoms with Crippen molar-refractivity contribution in [3.05, 3.63) is 40.7 Å². The topological polar surface area (TPSA) is 38.9 Å². The molecule has 2 N–H and O–H groups in total. The largest absolute Gasteiger partial charge is 0.324 e. The van der Waals surface area contributed by atoms with Gasteiger partial charge in [-0.2, -0.15) is 0 Å². The molecule has 0 aromatic carbocycles. The third-order valence-electron chi connectivity index (χ3n) is 1.93. The third kappa shape index (κ3) is 2.98. The molecular weight excluding hydrogens is 219 g/mol. The number of nitrogens with two attached hydrogens (primary N) is 1. The van der Waals surface area contributed by atoms with Gasteiger partial charge in [0.2, 0.25) is 0 Å². The van der Waals surface area contributed by atoms with Crippen LogP contribution < -0.4 is 5.73 Å². The van der Waals surface area contributed by atoms with Crippen LogP contribution in [0.2, 0.25) is 10.2 Å². The molecule has 0 aliphatic rings. The van der Waals surface area contributed by atoms with E-state index in [0.717, 1.165) is 18.4 Å². The van der Waals surface area contributed by atoms with Gasteiger partial charge in [-0.3, -0.25) is 0 Å². The molecule has 0 amide bonds. The van der Waals surface area contributed by atoms with Gasteiger partial charge < -0.3 is 5.73 Å². The van der Waals surface area contributed by atoms with Gasteiger partial charge in [0.1, 0.15) is 5.15 Å². The standard InChI is InChI=1S/C10H12Cl2N2/c1-2-3-4-9(13)7-6-14-10(12)5-8(7)11/h2,5-6,9H,1,3-4,13H2/t9-/m1/s1. The summed E-state index contributed by atoms with van der Waals surface area (Å²) in [5.41, 5.74) is 6.75. The predicted octanol–water partition coefficient (Wildman–Crippen LogP) is 3.35. The first-order valence-electron chi connectivity index (χ1n) is 4.32. The van der Waals surface area contributed by atoms with E-state index in [9.17, 15) is 0 Å². The Morgan fingerprint density at radius 2 is 2.29 bits per heavy atom. The number of rotatable bonds is 4. The Morgan fingerprint density at radius 3 is 2.86 bits per heavy atom. The van der Waals surface area contributed by atoms with E-state index in [1.807, 2.05) is 6.08 Å². The summed E-state index contributed by atoms with van der Waals surface area (Å²) >= 11 is 11.6. The van der Waals surface area contributed by atoms with E-state index in [4.69, 9.17) is 28.9 Å². The van der Waals surface area contributed by atoms with Crippen LogP contribution in [0, 0.1) is 0 Å². The highest BCUT2D eigenvalue weighted by Crippen LogP contribution is 2.25. The van der Waals surface area contributed by atoms with Crippen molar-refractivity contribution in [2.75, 3.05) is 0 Å². The number of hydrogen-bond donors (Lipinski definition) is 1. The van der Waals surface area contributed by atoms with Crippen molar-refractivity contribution in [2.24, 2.45) is 5.73 Å². The van der Waals surface area contributed by atoms with Crippen LogP contribution in [-0.2, 0) is 0 Å². The molecule has 4 heteroatoms. The van der Waals surface area contributed by atoms with Crippen molar-refractivity contribution in [3.8, 4) is 0 Å². The molecule has 14 heavy (non-hydrogen) atoms. The maximum absolute atomic E-state index is 5.97. The highest BCUT2D eigenvalue weighted by atomic mass is 35.5. The van der Waals surface area contributed by atoms with Crippen LogP contribution in [0.15, 0.2) is 24.9 Å². The molecule has 1 atom stereocenters. The molecule has 0 saturated carbocycles. The summed E-state index contributed by atoms with van der Waals surface area (Å²) in [6, 6.07) is 1.50. The molecule has 0 aliphatic heterocycles. The minimum absolute atomic E-state index is 0.106. The number of hydrogen-bond acceptors (Lipinski definition) is 2. The lowest BCUT2D eigenvalue weighted by Gasteiger charge is -2.11. The van der Waals surface area contributed by atoms with Gasteiger partial charge in [-0.15, -0.1) is 6.58 Å². The second kappa shape index (κ2) is 5.35. The summed E-state index contributed by atoms with van der Waals surface area (Å²) in [5.74, 6) is 0. The van der Waals surface area contributed by atoms with Crippen molar-refractivity contribution in [1.29, 1.82) is 0 Å². The minimum Gasteiger partial charge on any atom is -0.324 e. The van der Waals surface area contributed by atoms with Crippen molar-refractivity contribution in [3.63, 3.8) is 0 Å². The average Bonchev–Trinajstić information content (AvgIpc) is 2.14. The highest BCUT2D eigenvalue weighted by Gasteiger charge is 2.10. The lowest BCUT2D eigenvalue weighted by molar-refractivity contribution is 0.659. The predicted molar refractivity (Wildman–Crippen MR) is 60.6 cm³/mol. The molecule has 0 aliphatic carbocycles. The molecule has 0 saturated heterocycles. The molecule has 2 nitrogen and oxygen atoms in total. The maximum Gasteiger partial charge on any atom is 0.130 e. The van der Waals surface area contributed by atoms with Crippen LogP contribution in [0.5, 0.6) is 0 Å². The van der Waals surface area contributed by atoms with Crippen molar-refractivity contribution >= 4 is 23.2 Å². The van der Waals surface area contributed by atoms with Gasteiger partial charge in [-0.1, -0.05) is 29.3 Å². The summed E-state index contributed by atoms with van der Waals surface area (Å²) < 4.78 is 0. The number of allylic oxidation sites excluding steroid dienone is 1. The monoisotopic (exact) mass is 230 g/mol. The molecular formula is C10H12Cl2N2. The number of pyridine rings is 1. The lowest BCUT2D eigenvalue weighted by Crippen LogP contribution is -2.10. The number of halogens is 2. The van der Waals surface area contributed by atoms with E-state index in [2.05, 4.69) is 11.6 Å². The molecule has 0 unspecified atom stereocenters. The summed E-state index contributed by atoms with van der Waals surface area (Å²) in [6.45, 7) is 3.64. The fraction of sp³-hybridized carbons (Fsp3) is 0.300. The smallest absolute Gasteiger partial charge is 0.130 e. The molecule has 0 spiro atoms. The van der Waals surface area contributed by atoms with Gasteiger partial charge >= 0.3 is 0 Å². The Hall–Kier alpha value is -0.570. The third-order valence-corrected chi connectivity index (χ3v) is 2.46. The van der Waals surface area contributed by atoms with E-state index in [1.165, 1.54) is 0 Å². The van der Waals surface area contributed by atoms with Crippen LogP contribution in [0.1, 0.15) is 24.4 Å². The molecule has 1 aromatic rings. The quantitative estimate of drug-likeness (QED) is 0.637. The maximum atomic E-state index is 5.97. The van der Waals surface area contributed by atoms with E-state index in [-0.39, 0.29) is 6.04 Å². The van der Waals surface area contributed by atoms with E-state index >= 15 is 0 Å².